The van der Waals surface area contributed by atoms with Crippen molar-refractivity contribution in [3.8, 4) is 0 Å². The van der Waals surface area contributed by atoms with Crippen LogP contribution in [0.25, 0.3) is 10.2 Å². The molecule has 2 aromatic carbocycles. The van der Waals surface area contributed by atoms with Gasteiger partial charge in [-0.2, -0.15) is 0 Å². The van der Waals surface area contributed by atoms with E-state index in [9.17, 15) is 4.79 Å². The molecule has 0 saturated carbocycles. The van der Waals surface area contributed by atoms with E-state index < -0.39 is 0 Å². The predicted octanol–water partition coefficient (Wildman–Crippen LogP) is 4.42. The van der Waals surface area contributed by atoms with Gasteiger partial charge in [-0.05, 0) is 43.7 Å². The molecule has 21 heavy (non-hydrogen) atoms. The maximum absolute atomic E-state index is 12.3. The Balaban J connectivity index is 1.85. The van der Waals surface area contributed by atoms with E-state index >= 15 is 0 Å². The lowest BCUT2D eigenvalue weighted by molar-refractivity contribution is 0.102. The van der Waals surface area contributed by atoms with Gasteiger partial charge in [-0.25, -0.2) is 4.98 Å². The molecule has 0 radical (unpaired) electrons. The molecule has 0 aliphatic carbocycles. The van der Waals surface area contributed by atoms with Crippen molar-refractivity contribution in [2.75, 3.05) is 5.32 Å². The molecule has 1 heterocycles. The van der Waals surface area contributed by atoms with Crippen LogP contribution in [0.2, 0.25) is 0 Å². The van der Waals surface area contributed by atoms with E-state index in [1.165, 1.54) is 5.56 Å². The number of hydrogen-bond donors (Lipinski definition) is 1. The molecule has 4 heteroatoms. The SMILES string of the molecule is CCc1nc2ccc(C(=O)Nc3ccc(C)cc3)cc2s1. The van der Waals surface area contributed by atoms with Crippen LogP contribution in [0.4, 0.5) is 5.69 Å². The third-order valence-corrected chi connectivity index (χ3v) is 4.47. The average Bonchev–Trinajstić information content (AvgIpc) is 2.91. The molecule has 0 saturated heterocycles. The molecule has 0 bridgehead atoms. The standard InChI is InChI=1S/C17H16N2OS/c1-3-16-19-14-9-6-12(10-15(14)21-16)17(20)18-13-7-4-11(2)5-8-13/h4-10H,3H2,1-2H3,(H,18,20). The van der Waals surface area contributed by atoms with Gasteiger partial charge >= 0.3 is 0 Å². The molecule has 0 spiro atoms. The monoisotopic (exact) mass is 296 g/mol. The fourth-order valence-corrected chi connectivity index (χ4v) is 3.05. The molecule has 0 fully saturated rings. The summed E-state index contributed by atoms with van der Waals surface area (Å²) in [6.07, 6.45) is 0.921. The molecule has 3 aromatic rings. The van der Waals surface area contributed by atoms with Gasteiger partial charge in [0.25, 0.3) is 5.91 Å². The summed E-state index contributed by atoms with van der Waals surface area (Å²) in [5, 5.41) is 4.01. The fourth-order valence-electron chi connectivity index (χ4n) is 2.10. The summed E-state index contributed by atoms with van der Waals surface area (Å²) in [5.41, 5.74) is 3.61. The summed E-state index contributed by atoms with van der Waals surface area (Å²) < 4.78 is 1.06. The summed E-state index contributed by atoms with van der Waals surface area (Å²) in [6, 6.07) is 13.4. The lowest BCUT2D eigenvalue weighted by Gasteiger charge is -2.05. The normalized spacial score (nSPS) is 10.8. The minimum absolute atomic E-state index is 0.0906. The van der Waals surface area contributed by atoms with Crippen molar-refractivity contribution >= 4 is 33.1 Å². The van der Waals surface area contributed by atoms with Gasteiger partial charge in [0.2, 0.25) is 0 Å². The zero-order valence-electron chi connectivity index (χ0n) is 12.0. The molecule has 0 unspecified atom stereocenters. The van der Waals surface area contributed by atoms with E-state index in [2.05, 4.69) is 17.2 Å². The second-order valence-corrected chi connectivity index (χ2v) is 6.08. The molecule has 3 rings (SSSR count). The number of benzene rings is 2. The Morgan fingerprint density at radius 1 is 1.19 bits per heavy atom. The third kappa shape index (κ3) is 2.95. The van der Waals surface area contributed by atoms with Crippen LogP contribution in [0.3, 0.4) is 0 Å². The minimum Gasteiger partial charge on any atom is -0.322 e. The number of aryl methyl sites for hydroxylation is 2. The van der Waals surface area contributed by atoms with E-state index in [0.29, 0.717) is 5.56 Å². The number of carbonyl (C=O) groups excluding carboxylic acids is 1. The van der Waals surface area contributed by atoms with Gasteiger partial charge in [-0.1, -0.05) is 24.6 Å². The molecule has 0 aliphatic heterocycles. The summed E-state index contributed by atoms with van der Waals surface area (Å²) in [5.74, 6) is -0.0906. The number of carbonyl (C=O) groups is 1. The number of aromatic nitrogens is 1. The van der Waals surface area contributed by atoms with Crippen LogP contribution in [-0.2, 0) is 6.42 Å². The smallest absolute Gasteiger partial charge is 0.255 e. The molecule has 0 atom stereocenters. The predicted molar refractivity (Wildman–Crippen MR) is 88.1 cm³/mol. The second-order valence-electron chi connectivity index (χ2n) is 4.96. The number of anilines is 1. The van der Waals surface area contributed by atoms with E-state index in [-0.39, 0.29) is 5.91 Å². The average molecular weight is 296 g/mol. The van der Waals surface area contributed by atoms with Crippen molar-refractivity contribution in [2.45, 2.75) is 20.3 Å². The van der Waals surface area contributed by atoms with Crippen molar-refractivity contribution < 1.29 is 4.79 Å². The van der Waals surface area contributed by atoms with Gasteiger partial charge in [-0.3, -0.25) is 4.79 Å². The summed E-state index contributed by atoms with van der Waals surface area (Å²) in [6.45, 7) is 4.11. The van der Waals surface area contributed by atoms with E-state index in [1.807, 2.05) is 49.4 Å². The van der Waals surface area contributed by atoms with Crippen LogP contribution in [0.15, 0.2) is 42.5 Å². The zero-order valence-corrected chi connectivity index (χ0v) is 12.8. The van der Waals surface area contributed by atoms with E-state index in [0.717, 1.165) is 27.3 Å². The van der Waals surface area contributed by atoms with Gasteiger partial charge in [-0.15, -0.1) is 11.3 Å². The zero-order chi connectivity index (χ0) is 14.8. The highest BCUT2D eigenvalue weighted by Crippen LogP contribution is 2.24. The quantitative estimate of drug-likeness (QED) is 0.777. The van der Waals surface area contributed by atoms with Crippen molar-refractivity contribution in [3.63, 3.8) is 0 Å². The minimum atomic E-state index is -0.0906. The summed E-state index contributed by atoms with van der Waals surface area (Å²) in [4.78, 5) is 16.8. The number of nitrogens with one attached hydrogen (secondary N) is 1. The maximum Gasteiger partial charge on any atom is 0.255 e. The topological polar surface area (TPSA) is 42.0 Å². The lowest BCUT2D eigenvalue weighted by atomic mass is 10.2. The fraction of sp³-hybridized carbons (Fsp3) is 0.176. The van der Waals surface area contributed by atoms with Crippen molar-refractivity contribution in [1.82, 2.24) is 4.98 Å². The first-order chi connectivity index (χ1) is 10.2. The summed E-state index contributed by atoms with van der Waals surface area (Å²) in [7, 11) is 0. The Morgan fingerprint density at radius 2 is 1.95 bits per heavy atom. The first kappa shape index (κ1) is 13.8. The van der Waals surface area contributed by atoms with Crippen molar-refractivity contribution in [2.24, 2.45) is 0 Å². The number of rotatable bonds is 3. The molecule has 1 aromatic heterocycles. The second kappa shape index (κ2) is 5.66. The molecule has 0 aliphatic rings. The van der Waals surface area contributed by atoms with Gasteiger partial charge < -0.3 is 5.32 Å². The first-order valence-corrected chi connectivity index (χ1v) is 7.75. The van der Waals surface area contributed by atoms with Crippen LogP contribution in [0.5, 0.6) is 0 Å². The van der Waals surface area contributed by atoms with Gasteiger partial charge in [0.15, 0.2) is 0 Å². The molecule has 1 amide bonds. The van der Waals surface area contributed by atoms with E-state index in [1.54, 1.807) is 11.3 Å². The highest BCUT2D eigenvalue weighted by atomic mass is 32.1. The number of thiazole rings is 1. The number of hydrogen-bond acceptors (Lipinski definition) is 3. The van der Waals surface area contributed by atoms with Crippen LogP contribution in [0.1, 0.15) is 27.9 Å². The van der Waals surface area contributed by atoms with Gasteiger partial charge in [0.1, 0.15) is 0 Å². The van der Waals surface area contributed by atoms with Crippen LogP contribution >= 0.6 is 11.3 Å². The largest absolute Gasteiger partial charge is 0.322 e. The Hall–Kier alpha value is -2.20. The van der Waals surface area contributed by atoms with Gasteiger partial charge in [0, 0.05) is 11.3 Å². The number of fused-ring (bicyclic) bond motifs is 1. The highest BCUT2D eigenvalue weighted by Gasteiger charge is 2.09. The van der Waals surface area contributed by atoms with Gasteiger partial charge in [0.05, 0.1) is 15.2 Å². The van der Waals surface area contributed by atoms with Crippen LogP contribution in [-0.4, -0.2) is 10.9 Å². The third-order valence-electron chi connectivity index (χ3n) is 3.31. The van der Waals surface area contributed by atoms with Crippen molar-refractivity contribution in [3.05, 3.63) is 58.6 Å². The molecule has 1 N–H and O–H groups in total. The van der Waals surface area contributed by atoms with Crippen molar-refractivity contribution in [1.29, 1.82) is 0 Å². The molecule has 3 nitrogen and oxygen atoms in total. The Labute approximate surface area is 127 Å². The Kier molecular flexibility index (Phi) is 3.71. The number of amides is 1. The van der Waals surface area contributed by atoms with Crippen LogP contribution < -0.4 is 5.32 Å². The molecular weight excluding hydrogens is 280 g/mol. The molecule has 106 valence electrons. The lowest BCUT2D eigenvalue weighted by Crippen LogP contribution is -2.11. The first-order valence-electron chi connectivity index (χ1n) is 6.93. The Morgan fingerprint density at radius 3 is 2.67 bits per heavy atom. The summed E-state index contributed by atoms with van der Waals surface area (Å²) >= 11 is 1.65. The van der Waals surface area contributed by atoms with Crippen LogP contribution in [0, 0.1) is 6.92 Å². The Bertz CT molecular complexity index is 790. The molecular formula is C17H16N2OS. The highest BCUT2D eigenvalue weighted by molar-refractivity contribution is 7.18. The number of nitrogens with zero attached hydrogens (tertiary/aromatic N) is 1. The van der Waals surface area contributed by atoms with E-state index in [4.69, 9.17) is 0 Å². The maximum atomic E-state index is 12.3.